The summed E-state index contributed by atoms with van der Waals surface area (Å²) >= 11 is 1.68. The summed E-state index contributed by atoms with van der Waals surface area (Å²) in [5.74, 6) is 0. The highest BCUT2D eigenvalue weighted by Gasteiger charge is 2.35. The molecule has 0 bridgehead atoms. The third-order valence-corrected chi connectivity index (χ3v) is 3.52. The van der Waals surface area contributed by atoms with Gasteiger partial charge < -0.3 is 10.1 Å². The van der Waals surface area contributed by atoms with Gasteiger partial charge >= 0.3 is 0 Å². The Labute approximate surface area is 82.1 Å². The third kappa shape index (κ3) is 1.61. The number of nitrogens with one attached hydrogen (secondary N) is 1. The zero-order valence-electron chi connectivity index (χ0n) is 7.75. The van der Waals surface area contributed by atoms with E-state index in [0.29, 0.717) is 0 Å². The molecule has 0 amide bonds. The van der Waals surface area contributed by atoms with Crippen molar-refractivity contribution in [1.82, 2.24) is 10.3 Å². The molecule has 4 heteroatoms. The van der Waals surface area contributed by atoms with Crippen LogP contribution in [-0.2, 0) is 10.3 Å². The lowest BCUT2D eigenvalue weighted by atomic mass is 9.95. The van der Waals surface area contributed by atoms with E-state index in [4.69, 9.17) is 4.74 Å². The van der Waals surface area contributed by atoms with Crippen LogP contribution in [-0.4, -0.2) is 25.2 Å². The van der Waals surface area contributed by atoms with Gasteiger partial charge in [-0.15, -0.1) is 11.3 Å². The van der Waals surface area contributed by atoms with Crippen molar-refractivity contribution in [1.29, 1.82) is 0 Å². The Kier molecular flexibility index (Phi) is 2.62. The van der Waals surface area contributed by atoms with Gasteiger partial charge in [-0.05, 0) is 19.4 Å². The van der Waals surface area contributed by atoms with Crippen molar-refractivity contribution in [3.63, 3.8) is 0 Å². The van der Waals surface area contributed by atoms with Crippen LogP contribution in [0.4, 0.5) is 0 Å². The number of ether oxygens (including phenoxy) is 1. The molecule has 1 unspecified atom stereocenters. The molecule has 1 fully saturated rings. The molecule has 0 spiro atoms. The molecular formula is C9H14N2OS. The minimum atomic E-state index is -0.160. The van der Waals surface area contributed by atoms with E-state index >= 15 is 0 Å². The van der Waals surface area contributed by atoms with Crippen LogP contribution < -0.4 is 5.32 Å². The van der Waals surface area contributed by atoms with Crippen molar-refractivity contribution in [2.24, 2.45) is 0 Å². The molecule has 2 heterocycles. The molecule has 1 N–H and O–H groups in total. The number of rotatable bonds is 2. The minimum Gasteiger partial charge on any atom is -0.370 e. The fourth-order valence-electron chi connectivity index (χ4n) is 1.77. The first-order valence-electron chi connectivity index (χ1n) is 4.53. The molecule has 1 aliphatic heterocycles. The molecule has 1 saturated heterocycles. The van der Waals surface area contributed by atoms with E-state index in [1.54, 1.807) is 18.4 Å². The second-order valence-corrected chi connectivity index (χ2v) is 4.21. The summed E-state index contributed by atoms with van der Waals surface area (Å²) in [7, 11) is 1.77. The van der Waals surface area contributed by atoms with Crippen LogP contribution in [0.2, 0.25) is 0 Å². The number of hydrogen-bond acceptors (Lipinski definition) is 4. The van der Waals surface area contributed by atoms with Crippen molar-refractivity contribution in [2.45, 2.75) is 18.4 Å². The Bertz CT molecular complexity index is 255. The smallest absolute Gasteiger partial charge is 0.131 e. The van der Waals surface area contributed by atoms with E-state index < -0.39 is 0 Å². The number of hydrogen-bond donors (Lipinski definition) is 1. The minimum absolute atomic E-state index is 0.160. The summed E-state index contributed by atoms with van der Waals surface area (Å²) in [5.41, 5.74) is -0.160. The maximum absolute atomic E-state index is 5.61. The molecule has 0 radical (unpaired) electrons. The molecule has 72 valence electrons. The fourth-order valence-corrected chi connectivity index (χ4v) is 2.61. The number of methoxy groups -OCH3 is 1. The standard InChI is InChI=1S/C9H14N2OS/c1-12-9(3-2-4-10-7-9)8-11-5-6-13-8/h5-6,10H,2-4,7H2,1H3. The Morgan fingerprint density at radius 1 is 1.69 bits per heavy atom. The van der Waals surface area contributed by atoms with E-state index in [1.807, 2.05) is 11.6 Å². The molecule has 2 rings (SSSR count). The molecule has 1 aliphatic rings. The summed E-state index contributed by atoms with van der Waals surface area (Å²) in [4.78, 5) is 4.34. The van der Waals surface area contributed by atoms with Gasteiger partial charge in [-0.1, -0.05) is 0 Å². The van der Waals surface area contributed by atoms with Crippen molar-refractivity contribution in [2.75, 3.05) is 20.2 Å². The van der Waals surface area contributed by atoms with Gasteiger partial charge in [0.25, 0.3) is 0 Å². The van der Waals surface area contributed by atoms with Gasteiger partial charge in [0.15, 0.2) is 0 Å². The average molecular weight is 198 g/mol. The lowest BCUT2D eigenvalue weighted by molar-refractivity contribution is -0.0334. The summed E-state index contributed by atoms with van der Waals surface area (Å²) in [6.07, 6.45) is 4.08. The van der Waals surface area contributed by atoms with Crippen molar-refractivity contribution in [3.05, 3.63) is 16.6 Å². The van der Waals surface area contributed by atoms with Gasteiger partial charge in [0.1, 0.15) is 10.6 Å². The maximum atomic E-state index is 5.61. The van der Waals surface area contributed by atoms with Gasteiger partial charge in [0.05, 0.1) is 0 Å². The monoisotopic (exact) mass is 198 g/mol. The summed E-state index contributed by atoms with van der Waals surface area (Å²) < 4.78 is 5.61. The summed E-state index contributed by atoms with van der Waals surface area (Å²) in [5, 5.41) is 6.46. The van der Waals surface area contributed by atoms with Crippen LogP contribution in [0.1, 0.15) is 17.8 Å². The number of thiazole rings is 1. The lowest BCUT2D eigenvalue weighted by Crippen LogP contribution is -2.44. The first-order chi connectivity index (χ1) is 6.37. The highest BCUT2D eigenvalue weighted by atomic mass is 32.1. The van der Waals surface area contributed by atoms with E-state index in [2.05, 4.69) is 10.3 Å². The molecule has 3 nitrogen and oxygen atoms in total. The van der Waals surface area contributed by atoms with Gasteiger partial charge in [-0.3, -0.25) is 0 Å². The molecule has 0 saturated carbocycles. The van der Waals surface area contributed by atoms with Crippen LogP contribution in [0.3, 0.4) is 0 Å². The van der Waals surface area contributed by atoms with E-state index in [0.717, 1.165) is 30.9 Å². The number of piperidine rings is 1. The molecule has 1 aromatic heterocycles. The molecule has 0 aliphatic carbocycles. The molecule has 13 heavy (non-hydrogen) atoms. The van der Waals surface area contributed by atoms with Crippen LogP contribution in [0.15, 0.2) is 11.6 Å². The van der Waals surface area contributed by atoms with Crippen molar-refractivity contribution >= 4 is 11.3 Å². The first kappa shape index (κ1) is 9.12. The van der Waals surface area contributed by atoms with Crippen molar-refractivity contribution < 1.29 is 4.74 Å². The van der Waals surface area contributed by atoms with Crippen LogP contribution >= 0.6 is 11.3 Å². The largest absolute Gasteiger partial charge is 0.370 e. The van der Waals surface area contributed by atoms with Gasteiger partial charge in [0.2, 0.25) is 0 Å². The van der Waals surface area contributed by atoms with Gasteiger partial charge in [-0.2, -0.15) is 0 Å². The van der Waals surface area contributed by atoms with Crippen molar-refractivity contribution in [3.8, 4) is 0 Å². The third-order valence-electron chi connectivity index (χ3n) is 2.56. The second-order valence-electron chi connectivity index (χ2n) is 3.32. The van der Waals surface area contributed by atoms with Crippen LogP contribution in [0.5, 0.6) is 0 Å². The predicted molar refractivity (Wildman–Crippen MR) is 52.9 cm³/mol. The normalized spacial score (nSPS) is 29.0. The molecular weight excluding hydrogens is 184 g/mol. The van der Waals surface area contributed by atoms with E-state index in [1.165, 1.54) is 0 Å². The first-order valence-corrected chi connectivity index (χ1v) is 5.41. The van der Waals surface area contributed by atoms with Gasteiger partial charge in [-0.25, -0.2) is 4.98 Å². The Morgan fingerprint density at radius 3 is 3.15 bits per heavy atom. The summed E-state index contributed by atoms with van der Waals surface area (Å²) in [6, 6.07) is 0. The van der Waals surface area contributed by atoms with Crippen LogP contribution in [0, 0.1) is 0 Å². The molecule has 1 aromatic rings. The SMILES string of the molecule is COC1(c2nccs2)CCCNC1. The molecule has 1 atom stereocenters. The Morgan fingerprint density at radius 2 is 2.62 bits per heavy atom. The topological polar surface area (TPSA) is 34.1 Å². The highest BCUT2D eigenvalue weighted by molar-refractivity contribution is 7.09. The zero-order valence-corrected chi connectivity index (χ0v) is 8.56. The fraction of sp³-hybridized carbons (Fsp3) is 0.667. The second kappa shape index (κ2) is 3.74. The lowest BCUT2D eigenvalue weighted by Gasteiger charge is -2.34. The Hall–Kier alpha value is -0.450. The van der Waals surface area contributed by atoms with E-state index in [-0.39, 0.29) is 5.60 Å². The van der Waals surface area contributed by atoms with Gasteiger partial charge in [0, 0.05) is 25.2 Å². The maximum Gasteiger partial charge on any atom is 0.131 e. The Balaban J connectivity index is 2.23. The number of nitrogens with zero attached hydrogens (tertiary/aromatic N) is 1. The average Bonchev–Trinajstić information content (AvgIpc) is 2.72. The zero-order chi connectivity index (χ0) is 9.15. The van der Waals surface area contributed by atoms with E-state index in [9.17, 15) is 0 Å². The predicted octanol–water partition coefficient (Wildman–Crippen LogP) is 1.37. The van der Waals surface area contributed by atoms with Crippen LogP contribution in [0.25, 0.3) is 0 Å². The number of aromatic nitrogens is 1. The quantitative estimate of drug-likeness (QED) is 0.779. The molecule has 0 aromatic carbocycles. The highest BCUT2D eigenvalue weighted by Crippen LogP contribution is 2.32. The summed E-state index contributed by atoms with van der Waals surface area (Å²) in [6.45, 7) is 1.98.